The third-order valence-corrected chi connectivity index (χ3v) is 4.35. The number of nitrogens with one attached hydrogen (secondary N) is 1. The first kappa shape index (κ1) is 15.7. The summed E-state index contributed by atoms with van der Waals surface area (Å²) in [7, 11) is 0. The molecule has 1 atom stereocenters. The number of hydrogen-bond donors (Lipinski definition) is 1. The Morgan fingerprint density at radius 1 is 1.35 bits per heavy atom. The normalized spacial score (nSPS) is 23.1. The maximum atomic E-state index is 5.90. The van der Waals surface area contributed by atoms with Gasteiger partial charge in [0.2, 0.25) is 0 Å². The van der Waals surface area contributed by atoms with Gasteiger partial charge in [0.25, 0.3) is 0 Å². The fourth-order valence-corrected chi connectivity index (χ4v) is 3.33. The van der Waals surface area contributed by atoms with Crippen molar-refractivity contribution < 1.29 is 4.74 Å². The van der Waals surface area contributed by atoms with Gasteiger partial charge in [-0.25, -0.2) is 9.97 Å². The second-order valence-corrected chi connectivity index (χ2v) is 7.31. The van der Waals surface area contributed by atoms with Crippen LogP contribution in [0.5, 0.6) is 0 Å². The first-order valence-electron chi connectivity index (χ1n) is 7.24. The highest BCUT2D eigenvalue weighted by Crippen LogP contribution is 2.38. The Balaban J connectivity index is 2.55. The van der Waals surface area contributed by atoms with Gasteiger partial charge in [0.15, 0.2) is 5.82 Å². The lowest BCUT2D eigenvalue weighted by atomic mass is 9.91. The summed E-state index contributed by atoms with van der Waals surface area (Å²) < 4.78 is 6.85. The minimum Gasteiger partial charge on any atom is -0.369 e. The lowest BCUT2D eigenvalue weighted by molar-refractivity contribution is 0.00910. The second-order valence-electron chi connectivity index (χ2n) is 6.52. The molecule has 0 aromatic carbocycles. The molecule has 1 unspecified atom stereocenters. The molecule has 0 saturated carbocycles. The Kier molecular flexibility index (Phi) is 4.40. The van der Waals surface area contributed by atoms with Crippen molar-refractivity contribution in [1.82, 2.24) is 9.97 Å². The van der Waals surface area contributed by atoms with Crippen LogP contribution in [0.3, 0.4) is 0 Å². The van der Waals surface area contributed by atoms with E-state index in [1.54, 1.807) is 0 Å². The molecule has 5 heteroatoms. The van der Waals surface area contributed by atoms with E-state index < -0.39 is 0 Å². The van der Waals surface area contributed by atoms with Crippen LogP contribution in [0.2, 0.25) is 0 Å². The average Bonchev–Trinajstić information content (AvgIpc) is 2.78. The van der Waals surface area contributed by atoms with Gasteiger partial charge in [0.1, 0.15) is 11.4 Å². The van der Waals surface area contributed by atoms with Crippen LogP contribution in [0.25, 0.3) is 0 Å². The molecule has 1 aromatic heterocycles. The van der Waals surface area contributed by atoms with E-state index >= 15 is 0 Å². The predicted octanol–water partition coefficient (Wildman–Crippen LogP) is 3.99. The van der Waals surface area contributed by atoms with Gasteiger partial charge in [-0.2, -0.15) is 0 Å². The van der Waals surface area contributed by atoms with Gasteiger partial charge < -0.3 is 10.1 Å². The molecule has 1 aliphatic rings. The van der Waals surface area contributed by atoms with Crippen molar-refractivity contribution in [3.63, 3.8) is 0 Å². The molecule has 112 valence electrons. The third kappa shape index (κ3) is 2.98. The van der Waals surface area contributed by atoms with Gasteiger partial charge >= 0.3 is 0 Å². The summed E-state index contributed by atoms with van der Waals surface area (Å²) in [5.41, 5.74) is 0.621. The monoisotopic (exact) mass is 341 g/mol. The lowest BCUT2D eigenvalue weighted by Crippen LogP contribution is -2.27. The molecule has 4 nitrogen and oxygen atoms in total. The highest BCUT2D eigenvalue weighted by atomic mass is 79.9. The van der Waals surface area contributed by atoms with Gasteiger partial charge in [-0.05, 0) is 42.6 Å². The lowest BCUT2D eigenvalue weighted by Gasteiger charge is -2.27. The highest BCUT2D eigenvalue weighted by Gasteiger charge is 2.37. The van der Waals surface area contributed by atoms with E-state index in [2.05, 4.69) is 55.9 Å². The minimum atomic E-state index is -0.356. The summed E-state index contributed by atoms with van der Waals surface area (Å²) in [6.45, 7) is 12.3. The van der Waals surface area contributed by atoms with Gasteiger partial charge in [0.05, 0.1) is 10.2 Å². The summed E-state index contributed by atoms with van der Waals surface area (Å²) in [5.74, 6) is 1.65. The van der Waals surface area contributed by atoms with Gasteiger partial charge in [0, 0.05) is 18.6 Å². The molecule has 20 heavy (non-hydrogen) atoms. The molecular formula is C15H24BrN3O. The van der Waals surface area contributed by atoms with E-state index in [-0.39, 0.29) is 11.0 Å². The van der Waals surface area contributed by atoms with Gasteiger partial charge in [-0.1, -0.05) is 20.8 Å². The molecule has 1 aromatic rings. The Hall–Kier alpha value is -0.680. The van der Waals surface area contributed by atoms with Crippen molar-refractivity contribution in [2.75, 3.05) is 18.5 Å². The molecule has 1 N–H and O–H groups in total. The molecule has 0 spiro atoms. The molecule has 2 rings (SSSR count). The van der Waals surface area contributed by atoms with Crippen LogP contribution in [-0.2, 0) is 15.8 Å². The largest absolute Gasteiger partial charge is 0.369 e. The Bertz CT molecular complexity index is 491. The number of anilines is 1. The van der Waals surface area contributed by atoms with E-state index in [0.717, 1.165) is 47.8 Å². The summed E-state index contributed by atoms with van der Waals surface area (Å²) in [5, 5.41) is 3.32. The zero-order chi connectivity index (χ0) is 15.0. The van der Waals surface area contributed by atoms with Crippen molar-refractivity contribution in [2.24, 2.45) is 0 Å². The maximum Gasteiger partial charge on any atom is 0.162 e. The topological polar surface area (TPSA) is 47.0 Å². The Morgan fingerprint density at radius 3 is 2.55 bits per heavy atom. The molecule has 0 aliphatic carbocycles. The van der Waals surface area contributed by atoms with Crippen LogP contribution in [0.4, 0.5) is 5.82 Å². The van der Waals surface area contributed by atoms with E-state index in [9.17, 15) is 0 Å². The standard InChI is InChI=1S/C15H24BrN3O/c1-6-17-12-10(16)11(14(2,3)4)18-13(19-12)15(5)8-7-9-20-15/h6-9H2,1-5H3,(H,17,18,19). The third-order valence-electron chi connectivity index (χ3n) is 3.60. The maximum absolute atomic E-state index is 5.90. The number of ether oxygens (including phenoxy) is 1. The molecule has 2 heterocycles. The zero-order valence-corrected chi connectivity index (χ0v) is 14.6. The molecule has 0 amide bonds. The predicted molar refractivity (Wildman–Crippen MR) is 85.1 cm³/mol. The van der Waals surface area contributed by atoms with Crippen LogP contribution in [0.1, 0.15) is 59.0 Å². The van der Waals surface area contributed by atoms with Crippen molar-refractivity contribution >= 4 is 21.7 Å². The van der Waals surface area contributed by atoms with Crippen LogP contribution in [-0.4, -0.2) is 23.1 Å². The van der Waals surface area contributed by atoms with Crippen LogP contribution in [0, 0.1) is 0 Å². The molecule has 0 radical (unpaired) electrons. The minimum absolute atomic E-state index is 0.0460. The summed E-state index contributed by atoms with van der Waals surface area (Å²) in [6.07, 6.45) is 2.04. The van der Waals surface area contributed by atoms with Crippen LogP contribution >= 0.6 is 15.9 Å². The first-order chi connectivity index (χ1) is 9.28. The molecule has 0 bridgehead atoms. The number of nitrogens with zero attached hydrogens (tertiary/aromatic N) is 2. The summed E-state index contributed by atoms with van der Waals surface area (Å²) >= 11 is 3.65. The van der Waals surface area contributed by atoms with Gasteiger partial charge in [-0.15, -0.1) is 0 Å². The first-order valence-corrected chi connectivity index (χ1v) is 8.03. The van der Waals surface area contributed by atoms with Crippen molar-refractivity contribution in [2.45, 2.75) is 58.5 Å². The van der Waals surface area contributed by atoms with Gasteiger partial charge in [-0.3, -0.25) is 0 Å². The Morgan fingerprint density at radius 2 is 2.05 bits per heavy atom. The molecular weight excluding hydrogens is 318 g/mol. The average molecular weight is 342 g/mol. The fraction of sp³-hybridized carbons (Fsp3) is 0.733. The smallest absolute Gasteiger partial charge is 0.162 e. The zero-order valence-electron chi connectivity index (χ0n) is 13.0. The van der Waals surface area contributed by atoms with Crippen molar-refractivity contribution in [1.29, 1.82) is 0 Å². The van der Waals surface area contributed by atoms with E-state index in [0.29, 0.717) is 0 Å². The number of aromatic nitrogens is 2. The van der Waals surface area contributed by atoms with Crippen LogP contribution in [0.15, 0.2) is 4.47 Å². The quantitative estimate of drug-likeness (QED) is 0.902. The SMILES string of the molecule is CCNc1nc(C2(C)CCCO2)nc(C(C)(C)C)c1Br. The fourth-order valence-electron chi connectivity index (χ4n) is 2.42. The summed E-state index contributed by atoms with van der Waals surface area (Å²) in [4.78, 5) is 9.51. The van der Waals surface area contributed by atoms with Crippen molar-refractivity contribution in [3.8, 4) is 0 Å². The number of halogens is 1. The summed E-state index contributed by atoms with van der Waals surface area (Å²) in [6, 6.07) is 0. The number of rotatable bonds is 3. The molecule has 1 aliphatic heterocycles. The Labute approximate surface area is 129 Å². The van der Waals surface area contributed by atoms with E-state index in [4.69, 9.17) is 14.7 Å². The van der Waals surface area contributed by atoms with Crippen LogP contribution < -0.4 is 5.32 Å². The van der Waals surface area contributed by atoms with E-state index in [1.165, 1.54) is 0 Å². The van der Waals surface area contributed by atoms with Crippen molar-refractivity contribution in [3.05, 3.63) is 16.0 Å². The van der Waals surface area contributed by atoms with E-state index in [1.807, 2.05) is 0 Å². The highest BCUT2D eigenvalue weighted by molar-refractivity contribution is 9.10. The molecule has 1 saturated heterocycles. The second kappa shape index (κ2) is 5.60. The molecule has 1 fully saturated rings. The number of hydrogen-bond acceptors (Lipinski definition) is 4.